The fourth-order valence-corrected chi connectivity index (χ4v) is 2.23. The van der Waals surface area contributed by atoms with Crippen LogP contribution in [-0.4, -0.2) is 26.2 Å². The van der Waals surface area contributed by atoms with Crippen molar-refractivity contribution < 1.29 is 23.0 Å². The number of esters is 1. The number of para-hydroxylation sites is 1. The molecular formula is C15H19F2NO3. The van der Waals surface area contributed by atoms with E-state index < -0.39 is 18.1 Å². The van der Waals surface area contributed by atoms with Crippen LogP contribution >= 0.6 is 0 Å². The highest BCUT2D eigenvalue weighted by Gasteiger charge is 2.40. The third-order valence-corrected chi connectivity index (χ3v) is 3.68. The Balaban J connectivity index is 2.32. The number of hydrogen-bond acceptors (Lipinski definition) is 4. The van der Waals surface area contributed by atoms with Crippen LogP contribution in [0.25, 0.3) is 0 Å². The van der Waals surface area contributed by atoms with E-state index >= 15 is 0 Å². The minimum absolute atomic E-state index is 0.0244. The Labute approximate surface area is 122 Å². The lowest BCUT2D eigenvalue weighted by molar-refractivity contribution is -0.148. The van der Waals surface area contributed by atoms with Crippen molar-refractivity contribution in [2.75, 3.05) is 13.7 Å². The third kappa shape index (κ3) is 3.69. The maximum Gasteiger partial charge on any atom is 0.387 e. The van der Waals surface area contributed by atoms with Crippen LogP contribution in [0.5, 0.6) is 5.75 Å². The molecule has 1 aliphatic rings. The summed E-state index contributed by atoms with van der Waals surface area (Å²) in [5, 5.41) is 3.14. The van der Waals surface area contributed by atoms with E-state index in [4.69, 9.17) is 4.74 Å². The number of carbonyl (C=O) groups excluding carboxylic acids is 1. The number of nitrogens with one attached hydrogen (secondary N) is 1. The van der Waals surface area contributed by atoms with Gasteiger partial charge in [0.25, 0.3) is 0 Å². The van der Waals surface area contributed by atoms with E-state index in [2.05, 4.69) is 10.1 Å². The van der Waals surface area contributed by atoms with Crippen LogP contribution in [-0.2, 0) is 15.1 Å². The van der Waals surface area contributed by atoms with Crippen molar-refractivity contribution in [2.24, 2.45) is 5.92 Å². The average Bonchev–Trinajstić information content (AvgIpc) is 3.28. The quantitative estimate of drug-likeness (QED) is 0.786. The van der Waals surface area contributed by atoms with Crippen LogP contribution < -0.4 is 10.1 Å². The molecule has 1 aromatic carbocycles. The highest BCUT2D eigenvalue weighted by Crippen LogP contribution is 2.34. The first-order chi connectivity index (χ1) is 9.97. The van der Waals surface area contributed by atoms with Crippen LogP contribution in [0, 0.1) is 5.92 Å². The molecule has 0 saturated heterocycles. The van der Waals surface area contributed by atoms with Gasteiger partial charge in [0.1, 0.15) is 11.3 Å². The molecule has 0 amide bonds. The molecule has 1 N–H and O–H groups in total. The predicted octanol–water partition coefficient (Wildman–Crippen LogP) is 2.68. The highest BCUT2D eigenvalue weighted by atomic mass is 19.3. The van der Waals surface area contributed by atoms with Gasteiger partial charge in [-0.15, -0.1) is 0 Å². The maximum atomic E-state index is 12.5. The van der Waals surface area contributed by atoms with E-state index in [1.165, 1.54) is 13.2 Å². The van der Waals surface area contributed by atoms with Crippen LogP contribution in [0.3, 0.4) is 0 Å². The van der Waals surface area contributed by atoms with Gasteiger partial charge in [0.05, 0.1) is 7.11 Å². The number of halogens is 2. The number of hydrogen-bond donors (Lipinski definition) is 1. The largest absolute Gasteiger partial charge is 0.467 e. The van der Waals surface area contributed by atoms with Gasteiger partial charge >= 0.3 is 12.6 Å². The smallest absolute Gasteiger partial charge is 0.387 e. The number of alkyl halides is 2. The van der Waals surface area contributed by atoms with Crippen molar-refractivity contribution in [1.29, 1.82) is 0 Å². The number of methoxy groups -OCH3 is 1. The topological polar surface area (TPSA) is 47.6 Å². The van der Waals surface area contributed by atoms with Gasteiger partial charge in [-0.2, -0.15) is 8.78 Å². The zero-order chi connectivity index (χ0) is 15.5. The second kappa shape index (κ2) is 6.39. The normalized spacial score (nSPS) is 17.4. The minimum Gasteiger partial charge on any atom is -0.467 e. The standard InChI is InChI=1S/C15H19F2NO3/c1-15(13(19)20-2,18-9-10-7-8-10)11-5-3-4-6-12(11)21-14(16)17/h3-6,10,14,18H,7-9H2,1-2H3. The molecule has 0 aromatic heterocycles. The fraction of sp³-hybridized carbons (Fsp3) is 0.533. The van der Waals surface area contributed by atoms with Gasteiger partial charge in [0, 0.05) is 5.56 Å². The summed E-state index contributed by atoms with van der Waals surface area (Å²) in [7, 11) is 1.27. The highest BCUT2D eigenvalue weighted by molar-refractivity contribution is 5.83. The Morgan fingerprint density at radius 1 is 1.43 bits per heavy atom. The maximum absolute atomic E-state index is 12.5. The van der Waals surface area contributed by atoms with Gasteiger partial charge in [-0.25, -0.2) is 4.79 Å². The molecule has 0 heterocycles. The lowest BCUT2D eigenvalue weighted by Gasteiger charge is -2.30. The van der Waals surface area contributed by atoms with E-state index in [-0.39, 0.29) is 5.75 Å². The molecule has 21 heavy (non-hydrogen) atoms. The Kier molecular flexibility index (Phi) is 4.77. The number of carbonyl (C=O) groups is 1. The molecule has 1 saturated carbocycles. The monoisotopic (exact) mass is 299 g/mol. The van der Waals surface area contributed by atoms with E-state index in [9.17, 15) is 13.6 Å². The Hall–Kier alpha value is -1.69. The van der Waals surface area contributed by atoms with Gasteiger partial charge in [-0.1, -0.05) is 18.2 Å². The Bertz CT molecular complexity index is 505. The predicted molar refractivity (Wildman–Crippen MR) is 73.2 cm³/mol. The summed E-state index contributed by atoms with van der Waals surface area (Å²) in [6.45, 7) is -0.694. The average molecular weight is 299 g/mol. The first-order valence-electron chi connectivity index (χ1n) is 6.85. The summed E-state index contributed by atoms with van der Waals surface area (Å²) in [6.07, 6.45) is 2.22. The fourth-order valence-electron chi connectivity index (χ4n) is 2.23. The first kappa shape index (κ1) is 15.7. The summed E-state index contributed by atoms with van der Waals surface area (Å²) in [4.78, 5) is 12.2. The molecule has 1 unspecified atom stereocenters. The van der Waals surface area contributed by atoms with Gasteiger partial charge in [-0.3, -0.25) is 5.32 Å². The van der Waals surface area contributed by atoms with E-state index in [1.807, 2.05) is 0 Å². The molecule has 0 radical (unpaired) electrons. The molecule has 1 aliphatic carbocycles. The van der Waals surface area contributed by atoms with Crippen LogP contribution in [0.15, 0.2) is 24.3 Å². The van der Waals surface area contributed by atoms with E-state index in [0.717, 1.165) is 12.8 Å². The first-order valence-corrected chi connectivity index (χ1v) is 6.85. The number of ether oxygens (including phenoxy) is 2. The molecule has 0 spiro atoms. The molecule has 1 aromatic rings. The number of rotatable bonds is 7. The Morgan fingerprint density at radius 2 is 2.10 bits per heavy atom. The second-order valence-electron chi connectivity index (χ2n) is 5.32. The molecular weight excluding hydrogens is 280 g/mol. The zero-order valence-electron chi connectivity index (χ0n) is 12.1. The Morgan fingerprint density at radius 3 is 2.67 bits per heavy atom. The summed E-state index contributed by atoms with van der Waals surface area (Å²) in [5.74, 6) is -0.0330. The summed E-state index contributed by atoms with van der Waals surface area (Å²) >= 11 is 0. The van der Waals surface area contributed by atoms with Crippen molar-refractivity contribution in [3.05, 3.63) is 29.8 Å². The molecule has 116 valence electrons. The molecule has 1 fully saturated rings. The number of benzene rings is 1. The van der Waals surface area contributed by atoms with Crippen molar-refractivity contribution in [1.82, 2.24) is 5.32 Å². The van der Waals surface area contributed by atoms with E-state index in [0.29, 0.717) is 18.0 Å². The van der Waals surface area contributed by atoms with Gasteiger partial charge in [0.15, 0.2) is 0 Å². The molecule has 1 atom stereocenters. The third-order valence-electron chi connectivity index (χ3n) is 3.68. The van der Waals surface area contributed by atoms with Gasteiger partial charge < -0.3 is 9.47 Å². The lowest BCUT2D eigenvalue weighted by Crippen LogP contribution is -2.48. The summed E-state index contributed by atoms with van der Waals surface area (Å²) in [6, 6.07) is 6.27. The van der Waals surface area contributed by atoms with Gasteiger partial charge in [0.2, 0.25) is 0 Å². The van der Waals surface area contributed by atoms with Crippen molar-refractivity contribution in [3.8, 4) is 5.75 Å². The lowest BCUT2D eigenvalue weighted by atomic mass is 9.90. The van der Waals surface area contributed by atoms with Crippen LogP contribution in [0.4, 0.5) is 8.78 Å². The van der Waals surface area contributed by atoms with Crippen molar-refractivity contribution in [3.63, 3.8) is 0 Å². The molecule has 4 nitrogen and oxygen atoms in total. The van der Waals surface area contributed by atoms with Crippen molar-refractivity contribution >= 4 is 5.97 Å². The summed E-state index contributed by atoms with van der Waals surface area (Å²) < 4.78 is 34.4. The van der Waals surface area contributed by atoms with Crippen LogP contribution in [0.2, 0.25) is 0 Å². The molecule has 2 rings (SSSR count). The van der Waals surface area contributed by atoms with Crippen LogP contribution in [0.1, 0.15) is 25.3 Å². The minimum atomic E-state index is -2.95. The van der Waals surface area contributed by atoms with Gasteiger partial charge in [-0.05, 0) is 38.3 Å². The summed E-state index contributed by atoms with van der Waals surface area (Å²) in [5.41, 5.74) is -0.874. The zero-order valence-corrected chi connectivity index (χ0v) is 12.1. The van der Waals surface area contributed by atoms with Crippen molar-refractivity contribution in [2.45, 2.75) is 31.9 Å². The second-order valence-corrected chi connectivity index (χ2v) is 5.32. The molecule has 0 bridgehead atoms. The molecule has 6 heteroatoms. The molecule has 0 aliphatic heterocycles. The van der Waals surface area contributed by atoms with E-state index in [1.54, 1.807) is 25.1 Å². The SMILES string of the molecule is COC(=O)C(C)(NCC1CC1)c1ccccc1OC(F)F.